The van der Waals surface area contributed by atoms with E-state index in [2.05, 4.69) is 14.9 Å². The molecule has 2 N–H and O–H groups in total. The Morgan fingerprint density at radius 2 is 2.05 bits per heavy atom. The molecule has 3 heterocycles. The Balaban J connectivity index is 1.48. The molecule has 3 rings (SSSR count). The van der Waals surface area contributed by atoms with Gasteiger partial charge in [0.2, 0.25) is 10.0 Å². The molecule has 3 fully saturated rings. The molecule has 0 amide bonds. The zero-order valence-corrected chi connectivity index (χ0v) is 12.7. The second-order valence-electron chi connectivity index (χ2n) is 6.09. The highest BCUT2D eigenvalue weighted by molar-refractivity contribution is 7.90. The number of morpholine rings is 1. The molecule has 3 aliphatic rings. The standard InChI is InChI=1S/C13H25N3O3S/c17-20(18,13-3-5-14-6-4-13)15-8-12-9-16-7-1-2-11(16)10-19-12/h11-15H,1-10H2. The summed E-state index contributed by atoms with van der Waals surface area (Å²) in [6.45, 7) is 4.74. The maximum Gasteiger partial charge on any atom is 0.214 e. The maximum absolute atomic E-state index is 12.2. The van der Waals surface area contributed by atoms with Gasteiger partial charge in [-0.1, -0.05) is 0 Å². The van der Waals surface area contributed by atoms with E-state index in [9.17, 15) is 8.42 Å². The van der Waals surface area contributed by atoms with Crippen molar-refractivity contribution in [3.63, 3.8) is 0 Å². The number of rotatable bonds is 4. The predicted molar refractivity (Wildman–Crippen MR) is 77.1 cm³/mol. The molecular weight excluding hydrogens is 278 g/mol. The lowest BCUT2D eigenvalue weighted by molar-refractivity contribution is -0.0449. The van der Waals surface area contributed by atoms with Gasteiger partial charge in [0.25, 0.3) is 0 Å². The second kappa shape index (κ2) is 6.27. The SMILES string of the molecule is O=S(=O)(NCC1CN2CCCC2CO1)C1CCNCC1. The van der Waals surface area contributed by atoms with E-state index >= 15 is 0 Å². The first-order valence-corrected chi connectivity index (χ1v) is 9.24. The highest BCUT2D eigenvalue weighted by Gasteiger charge is 2.33. The number of nitrogens with one attached hydrogen (secondary N) is 2. The highest BCUT2D eigenvalue weighted by atomic mass is 32.2. The van der Waals surface area contributed by atoms with E-state index < -0.39 is 10.0 Å². The van der Waals surface area contributed by atoms with Crippen LogP contribution in [0.2, 0.25) is 0 Å². The number of piperidine rings is 1. The smallest absolute Gasteiger partial charge is 0.214 e. The molecular formula is C13H25N3O3S. The van der Waals surface area contributed by atoms with Gasteiger partial charge in [0.15, 0.2) is 0 Å². The fourth-order valence-corrected chi connectivity index (χ4v) is 4.95. The Labute approximate surface area is 121 Å². The number of sulfonamides is 1. The molecule has 6 nitrogen and oxygen atoms in total. The minimum atomic E-state index is -3.19. The first-order chi connectivity index (χ1) is 9.65. The summed E-state index contributed by atoms with van der Waals surface area (Å²) in [4.78, 5) is 2.44. The van der Waals surface area contributed by atoms with E-state index in [4.69, 9.17) is 4.74 Å². The van der Waals surface area contributed by atoms with Crippen molar-refractivity contribution in [1.29, 1.82) is 0 Å². The van der Waals surface area contributed by atoms with Gasteiger partial charge in [-0.3, -0.25) is 4.90 Å². The molecule has 2 atom stereocenters. The molecule has 7 heteroatoms. The number of nitrogens with zero attached hydrogens (tertiary/aromatic N) is 1. The van der Waals surface area contributed by atoms with Crippen LogP contribution < -0.4 is 10.0 Å². The van der Waals surface area contributed by atoms with Crippen LogP contribution in [-0.4, -0.2) is 70.0 Å². The average Bonchev–Trinajstić information content (AvgIpc) is 2.94. The molecule has 116 valence electrons. The van der Waals surface area contributed by atoms with E-state index in [1.165, 1.54) is 12.8 Å². The van der Waals surface area contributed by atoms with Gasteiger partial charge in [-0.05, 0) is 45.3 Å². The fourth-order valence-electron chi connectivity index (χ4n) is 3.44. The molecule has 20 heavy (non-hydrogen) atoms. The van der Waals surface area contributed by atoms with Gasteiger partial charge in [0.1, 0.15) is 0 Å². The van der Waals surface area contributed by atoms with Gasteiger partial charge in [-0.15, -0.1) is 0 Å². The summed E-state index contributed by atoms with van der Waals surface area (Å²) >= 11 is 0. The monoisotopic (exact) mass is 303 g/mol. The van der Waals surface area contributed by atoms with Gasteiger partial charge in [-0.25, -0.2) is 13.1 Å². The quantitative estimate of drug-likeness (QED) is 0.734. The maximum atomic E-state index is 12.2. The van der Waals surface area contributed by atoms with Crippen molar-refractivity contribution >= 4 is 10.0 Å². The Morgan fingerprint density at radius 3 is 2.85 bits per heavy atom. The van der Waals surface area contributed by atoms with E-state index in [1.54, 1.807) is 0 Å². The number of hydrogen-bond donors (Lipinski definition) is 2. The van der Waals surface area contributed by atoms with Crippen LogP contribution in [0.15, 0.2) is 0 Å². The summed E-state index contributed by atoms with van der Waals surface area (Å²) in [5.74, 6) is 0. The zero-order chi connectivity index (χ0) is 14.0. The fraction of sp³-hybridized carbons (Fsp3) is 1.00. The van der Waals surface area contributed by atoms with Crippen LogP contribution in [-0.2, 0) is 14.8 Å². The van der Waals surface area contributed by atoms with Crippen LogP contribution in [0.25, 0.3) is 0 Å². The van der Waals surface area contributed by atoms with Crippen LogP contribution in [0.5, 0.6) is 0 Å². The summed E-state index contributed by atoms with van der Waals surface area (Å²) in [7, 11) is -3.19. The van der Waals surface area contributed by atoms with E-state index in [1.807, 2.05) is 0 Å². The first-order valence-electron chi connectivity index (χ1n) is 7.70. The Morgan fingerprint density at radius 1 is 1.25 bits per heavy atom. The third-order valence-electron chi connectivity index (χ3n) is 4.70. The zero-order valence-electron chi connectivity index (χ0n) is 11.9. The lowest BCUT2D eigenvalue weighted by Crippen LogP contribution is -2.51. The Kier molecular flexibility index (Phi) is 4.62. The number of hydrogen-bond acceptors (Lipinski definition) is 5. The molecule has 0 aromatic rings. The molecule has 0 aliphatic carbocycles. The summed E-state index contributed by atoms with van der Waals surface area (Å²) < 4.78 is 33.1. The minimum Gasteiger partial charge on any atom is -0.374 e. The highest BCUT2D eigenvalue weighted by Crippen LogP contribution is 2.22. The summed E-state index contributed by atoms with van der Waals surface area (Å²) in [6.07, 6.45) is 3.86. The summed E-state index contributed by atoms with van der Waals surface area (Å²) in [6, 6.07) is 0.562. The lowest BCUT2D eigenvalue weighted by atomic mass is 10.2. The largest absolute Gasteiger partial charge is 0.374 e. The first kappa shape index (κ1) is 14.7. The number of fused-ring (bicyclic) bond motifs is 1. The second-order valence-corrected chi connectivity index (χ2v) is 8.13. The van der Waals surface area contributed by atoms with Gasteiger partial charge < -0.3 is 10.1 Å². The van der Waals surface area contributed by atoms with Crippen molar-refractivity contribution < 1.29 is 13.2 Å². The predicted octanol–water partition coefficient (Wildman–Crippen LogP) is -0.479. The van der Waals surface area contributed by atoms with Crippen LogP contribution >= 0.6 is 0 Å². The molecule has 2 unspecified atom stereocenters. The lowest BCUT2D eigenvalue weighted by Gasteiger charge is -2.35. The Hall–Kier alpha value is -0.210. The molecule has 3 saturated heterocycles. The van der Waals surface area contributed by atoms with Crippen LogP contribution in [0, 0.1) is 0 Å². The molecule has 3 aliphatic heterocycles. The van der Waals surface area contributed by atoms with Crippen molar-refractivity contribution in [2.45, 2.75) is 43.1 Å². The van der Waals surface area contributed by atoms with Gasteiger partial charge in [0.05, 0.1) is 18.0 Å². The van der Waals surface area contributed by atoms with Gasteiger partial charge in [0, 0.05) is 19.1 Å². The summed E-state index contributed by atoms with van der Waals surface area (Å²) in [5, 5.41) is 2.95. The van der Waals surface area contributed by atoms with Crippen LogP contribution in [0.3, 0.4) is 0 Å². The summed E-state index contributed by atoms with van der Waals surface area (Å²) in [5.41, 5.74) is 0. The minimum absolute atomic E-state index is 0.000778. The molecule has 0 saturated carbocycles. The van der Waals surface area contributed by atoms with Crippen LogP contribution in [0.4, 0.5) is 0 Å². The molecule has 0 spiro atoms. The topological polar surface area (TPSA) is 70.7 Å². The van der Waals surface area contributed by atoms with Gasteiger partial charge >= 0.3 is 0 Å². The normalized spacial score (nSPS) is 33.2. The third-order valence-corrected chi connectivity index (χ3v) is 6.62. The third kappa shape index (κ3) is 3.33. The molecule has 0 aromatic carbocycles. The Bertz CT molecular complexity index is 423. The van der Waals surface area contributed by atoms with Crippen molar-refractivity contribution in [3.8, 4) is 0 Å². The molecule has 0 radical (unpaired) electrons. The van der Waals surface area contributed by atoms with Crippen LogP contribution in [0.1, 0.15) is 25.7 Å². The van der Waals surface area contributed by atoms with E-state index in [0.29, 0.717) is 25.4 Å². The van der Waals surface area contributed by atoms with Crippen molar-refractivity contribution in [3.05, 3.63) is 0 Å². The van der Waals surface area contributed by atoms with Crippen molar-refractivity contribution in [2.75, 3.05) is 39.3 Å². The number of ether oxygens (including phenoxy) is 1. The van der Waals surface area contributed by atoms with Gasteiger partial charge in [-0.2, -0.15) is 0 Å². The molecule has 0 aromatic heterocycles. The van der Waals surface area contributed by atoms with E-state index in [0.717, 1.165) is 32.8 Å². The molecule has 0 bridgehead atoms. The average molecular weight is 303 g/mol. The van der Waals surface area contributed by atoms with Crippen molar-refractivity contribution in [1.82, 2.24) is 14.9 Å². The van der Waals surface area contributed by atoms with E-state index in [-0.39, 0.29) is 11.4 Å². The van der Waals surface area contributed by atoms with Crippen molar-refractivity contribution in [2.24, 2.45) is 0 Å².